The lowest BCUT2D eigenvalue weighted by molar-refractivity contribution is -0.153. The van der Waals surface area contributed by atoms with Gasteiger partial charge >= 0.3 is 5.97 Å². The summed E-state index contributed by atoms with van der Waals surface area (Å²) in [7, 11) is 1.59. The number of aliphatic carboxylic acids is 1. The predicted molar refractivity (Wildman–Crippen MR) is 93.9 cm³/mol. The van der Waals surface area contributed by atoms with Crippen LogP contribution < -0.4 is 4.74 Å². The van der Waals surface area contributed by atoms with Gasteiger partial charge in [0.25, 0.3) is 5.91 Å². The Morgan fingerprint density at radius 1 is 1.28 bits per heavy atom. The summed E-state index contributed by atoms with van der Waals surface area (Å²) in [6.45, 7) is 1.80. The van der Waals surface area contributed by atoms with Crippen molar-refractivity contribution in [1.29, 1.82) is 0 Å². The van der Waals surface area contributed by atoms with Crippen LogP contribution >= 0.6 is 0 Å². The van der Waals surface area contributed by atoms with E-state index in [-0.39, 0.29) is 5.91 Å². The van der Waals surface area contributed by atoms with Crippen LogP contribution in [0.2, 0.25) is 0 Å². The van der Waals surface area contributed by atoms with Gasteiger partial charge < -0.3 is 9.84 Å². The second-order valence-corrected chi connectivity index (χ2v) is 6.67. The standard InChI is InChI=1S/C19H24N2O4/c1-3-15(18(23)24)21-17(22)16(13-7-9-14(25-2)10-8-13)20-19(21)11-5-4-6-12-19/h7-10,15H,3-6,11-12H2,1-2H3,(H,23,24). The number of carbonyl (C=O) groups excluding carboxylic acids is 1. The van der Waals surface area contributed by atoms with Crippen molar-refractivity contribution in [2.45, 2.75) is 57.2 Å². The van der Waals surface area contributed by atoms with Gasteiger partial charge in [-0.05, 0) is 56.4 Å². The Hall–Kier alpha value is -2.37. The molecule has 0 saturated heterocycles. The first-order valence-corrected chi connectivity index (χ1v) is 8.83. The molecule has 0 aromatic heterocycles. The summed E-state index contributed by atoms with van der Waals surface area (Å²) in [4.78, 5) is 31.2. The minimum atomic E-state index is -0.966. The third kappa shape index (κ3) is 3.01. The van der Waals surface area contributed by atoms with Crippen LogP contribution in [0.3, 0.4) is 0 Å². The maximum absolute atomic E-state index is 13.1. The molecule has 1 unspecified atom stereocenters. The highest BCUT2D eigenvalue weighted by Crippen LogP contribution is 2.41. The SMILES string of the molecule is CCC(C(=O)O)N1C(=O)C(c2ccc(OC)cc2)=NC12CCCCC2. The Kier molecular flexibility index (Phi) is 4.79. The van der Waals surface area contributed by atoms with Crippen LogP contribution in [-0.4, -0.2) is 46.4 Å². The van der Waals surface area contributed by atoms with Gasteiger partial charge in [-0.2, -0.15) is 0 Å². The number of ether oxygens (including phenoxy) is 1. The number of amides is 1. The summed E-state index contributed by atoms with van der Waals surface area (Å²) in [5, 5.41) is 9.63. The van der Waals surface area contributed by atoms with E-state index in [4.69, 9.17) is 9.73 Å². The average Bonchev–Trinajstić information content (AvgIpc) is 2.89. The molecule has 1 spiro atoms. The van der Waals surface area contributed by atoms with E-state index in [1.165, 1.54) is 4.90 Å². The third-order valence-electron chi connectivity index (χ3n) is 5.19. The third-order valence-corrected chi connectivity index (χ3v) is 5.19. The summed E-state index contributed by atoms with van der Waals surface area (Å²) in [6, 6.07) is 6.34. The molecule has 1 amide bonds. The lowest BCUT2D eigenvalue weighted by atomic mass is 9.87. The molecule has 1 atom stereocenters. The van der Waals surface area contributed by atoms with Crippen molar-refractivity contribution in [1.82, 2.24) is 4.90 Å². The predicted octanol–water partition coefficient (Wildman–Crippen LogP) is 2.85. The van der Waals surface area contributed by atoms with E-state index in [0.717, 1.165) is 32.1 Å². The molecule has 1 aromatic rings. The summed E-state index contributed by atoms with van der Waals surface area (Å²) in [6.07, 6.45) is 4.83. The molecule has 25 heavy (non-hydrogen) atoms. The Balaban J connectivity index is 2.03. The maximum atomic E-state index is 13.1. The van der Waals surface area contributed by atoms with Crippen LogP contribution in [0.1, 0.15) is 51.0 Å². The molecule has 6 nitrogen and oxygen atoms in total. The van der Waals surface area contributed by atoms with E-state index >= 15 is 0 Å². The van der Waals surface area contributed by atoms with Gasteiger partial charge in [-0.15, -0.1) is 0 Å². The molecular weight excluding hydrogens is 320 g/mol. The molecule has 2 aliphatic rings. The second kappa shape index (κ2) is 6.86. The van der Waals surface area contributed by atoms with Crippen molar-refractivity contribution in [3.05, 3.63) is 29.8 Å². The molecule has 1 aliphatic carbocycles. The number of aliphatic imine (C=N–C) groups is 1. The topological polar surface area (TPSA) is 79.2 Å². The van der Waals surface area contributed by atoms with E-state index in [1.54, 1.807) is 38.3 Å². The molecule has 6 heteroatoms. The second-order valence-electron chi connectivity index (χ2n) is 6.67. The number of hydrogen-bond donors (Lipinski definition) is 1. The zero-order valence-electron chi connectivity index (χ0n) is 14.7. The summed E-state index contributed by atoms with van der Waals surface area (Å²) in [5.41, 5.74) is 0.367. The number of carboxylic acid groups (broad SMARTS) is 1. The molecule has 1 fully saturated rings. The highest BCUT2D eigenvalue weighted by atomic mass is 16.5. The van der Waals surface area contributed by atoms with Crippen LogP contribution in [0.4, 0.5) is 0 Å². The lowest BCUT2D eigenvalue weighted by Gasteiger charge is -2.41. The van der Waals surface area contributed by atoms with Crippen molar-refractivity contribution in [2.75, 3.05) is 7.11 Å². The first-order chi connectivity index (χ1) is 12.0. The van der Waals surface area contributed by atoms with Crippen molar-refractivity contribution < 1.29 is 19.4 Å². The average molecular weight is 344 g/mol. The van der Waals surface area contributed by atoms with Gasteiger partial charge in [0.1, 0.15) is 23.2 Å². The summed E-state index contributed by atoms with van der Waals surface area (Å²) >= 11 is 0. The smallest absolute Gasteiger partial charge is 0.326 e. The number of nitrogens with zero attached hydrogens (tertiary/aromatic N) is 2. The molecule has 0 radical (unpaired) electrons. The van der Waals surface area contributed by atoms with Gasteiger partial charge in [0, 0.05) is 5.56 Å². The largest absolute Gasteiger partial charge is 0.497 e. The van der Waals surface area contributed by atoms with Crippen LogP contribution in [0.25, 0.3) is 0 Å². The molecular formula is C19H24N2O4. The molecule has 0 bridgehead atoms. The Morgan fingerprint density at radius 3 is 2.44 bits per heavy atom. The van der Waals surface area contributed by atoms with Gasteiger partial charge in [0.2, 0.25) is 0 Å². The molecule has 1 heterocycles. The quantitative estimate of drug-likeness (QED) is 0.891. The Labute approximate surface area is 147 Å². The van der Waals surface area contributed by atoms with Crippen LogP contribution in [0.15, 0.2) is 29.3 Å². The molecule has 134 valence electrons. The molecule has 1 aliphatic heterocycles. The van der Waals surface area contributed by atoms with Crippen molar-refractivity contribution in [3.63, 3.8) is 0 Å². The van der Waals surface area contributed by atoms with Gasteiger partial charge in [-0.1, -0.05) is 13.3 Å². The summed E-state index contributed by atoms with van der Waals surface area (Å²) in [5.74, 6) is -0.538. The Bertz CT molecular complexity index is 690. The fourth-order valence-electron chi connectivity index (χ4n) is 3.92. The van der Waals surface area contributed by atoms with Crippen LogP contribution in [0.5, 0.6) is 5.75 Å². The number of carbonyl (C=O) groups is 2. The molecule has 1 saturated carbocycles. The van der Waals surface area contributed by atoms with Gasteiger partial charge in [0.15, 0.2) is 0 Å². The lowest BCUT2D eigenvalue weighted by Crippen LogP contribution is -2.55. The van der Waals surface area contributed by atoms with Crippen molar-refractivity contribution in [2.24, 2.45) is 4.99 Å². The normalized spacial score (nSPS) is 20.5. The van der Waals surface area contributed by atoms with Gasteiger partial charge in [-0.3, -0.25) is 14.7 Å². The monoisotopic (exact) mass is 344 g/mol. The van der Waals surface area contributed by atoms with Gasteiger partial charge in [0.05, 0.1) is 7.11 Å². The van der Waals surface area contributed by atoms with E-state index in [1.807, 2.05) is 0 Å². The van der Waals surface area contributed by atoms with E-state index in [0.29, 0.717) is 23.4 Å². The number of benzene rings is 1. The number of rotatable bonds is 5. The van der Waals surface area contributed by atoms with E-state index < -0.39 is 17.7 Å². The Morgan fingerprint density at radius 2 is 1.92 bits per heavy atom. The first kappa shape index (κ1) is 17.5. The number of methoxy groups -OCH3 is 1. The van der Waals surface area contributed by atoms with Crippen molar-refractivity contribution in [3.8, 4) is 5.75 Å². The number of carboxylic acids is 1. The van der Waals surface area contributed by atoms with E-state index in [9.17, 15) is 14.7 Å². The van der Waals surface area contributed by atoms with Crippen molar-refractivity contribution >= 4 is 17.6 Å². The minimum Gasteiger partial charge on any atom is -0.497 e. The highest BCUT2D eigenvalue weighted by molar-refractivity contribution is 6.47. The first-order valence-electron chi connectivity index (χ1n) is 8.83. The van der Waals surface area contributed by atoms with Crippen LogP contribution in [-0.2, 0) is 9.59 Å². The molecule has 1 N–H and O–H groups in total. The zero-order chi connectivity index (χ0) is 18.0. The highest BCUT2D eigenvalue weighted by Gasteiger charge is 2.51. The molecule has 1 aromatic carbocycles. The van der Waals surface area contributed by atoms with Gasteiger partial charge in [-0.25, -0.2) is 4.79 Å². The summed E-state index contributed by atoms with van der Waals surface area (Å²) < 4.78 is 5.16. The maximum Gasteiger partial charge on any atom is 0.326 e. The van der Waals surface area contributed by atoms with E-state index in [2.05, 4.69) is 0 Å². The zero-order valence-corrected chi connectivity index (χ0v) is 14.7. The minimum absolute atomic E-state index is 0.277. The van der Waals surface area contributed by atoms with Crippen LogP contribution in [0, 0.1) is 0 Å². The number of hydrogen-bond acceptors (Lipinski definition) is 4. The fraction of sp³-hybridized carbons (Fsp3) is 0.526. The molecule has 3 rings (SSSR count). The fourth-order valence-corrected chi connectivity index (χ4v) is 3.92.